The fraction of sp³-hybridized carbons (Fsp3) is 0.143. The zero-order chi connectivity index (χ0) is 28.4. The number of hydrogen-bond donors (Lipinski definition) is 1. The van der Waals surface area contributed by atoms with E-state index in [2.05, 4.69) is 10.3 Å². The molecule has 1 heterocycles. The van der Waals surface area contributed by atoms with Gasteiger partial charge in [0.1, 0.15) is 11.4 Å². The fourth-order valence-corrected chi connectivity index (χ4v) is 4.27. The number of amides is 1. The molecule has 0 fully saturated rings. The Balaban J connectivity index is 1.94. The Labute approximate surface area is 223 Å². The van der Waals surface area contributed by atoms with Crippen LogP contribution in [0.15, 0.2) is 91.1 Å². The second-order valence-corrected chi connectivity index (χ2v) is 9.09. The van der Waals surface area contributed by atoms with Crippen molar-refractivity contribution in [2.45, 2.75) is 24.3 Å². The van der Waals surface area contributed by atoms with Gasteiger partial charge in [-0.2, -0.15) is 26.3 Å². The summed E-state index contributed by atoms with van der Waals surface area (Å²) in [5.41, 5.74) is -4.43. The van der Waals surface area contributed by atoms with Gasteiger partial charge in [0.2, 0.25) is 0 Å². The molecule has 11 heteroatoms. The lowest BCUT2D eigenvalue weighted by Crippen LogP contribution is -2.49. The third-order valence-corrected chi connectivity index (χ3v) is 6.24. The number of pyridine rings is 1. The number of nitrogens with one attached hydrogen (secondary N) is 1. The molecule has 0 saturated heterocycles. The highest BCUT2D eigenvalue weighted by molar-refractivity contribution is 6.30. The van der Waals surface area contributed by atoms with Crippen molar-refractivity contribution in [3.05, 3.63) is 135 Å². The average Bonchev–Trinajstić information content (AvgIpc) is 2.88. The predicted molar refractivity (Wildman–Crippen MR) is 130 cm³/mol. The number of hydrogen-bond acceptors (Lipinski definition) is 2. The number of aromatic nitrogens is 1. The van der Waals surface area contributed by atoms with Crippen molar-refractivity contribution in [3.63, 3.8) is 0 Å². The van der Waals surface area contributed by atoms with Gasteiger partial charge in [0.25, 0.3) is 5.91 Å². The van der Waals surface area contributed by atoms with Crippen LogP contribution in [0.1, 0.15) is 38.3 Å². The van der Waals surface area contributed by atoms with Crippen LogP contribution in [0.3, 0.4) is 0 Å². The lowest BCUT2D eigenvalue weighted by Gasteiger charge is -2.36. The zero-order valence-corrected chi connectivity index (χ0v) is 20.5. The van der Waals surface area contributed by atoms with Crippen LogP contribution in [-0.4, -0.2) is 10.9 Å². The molecule has 39 heavy (non-hydrogen) atoms. The molecular weight excluding hydrogens is 549 g/mol. The van der Waals surface area contributed by atoms with E-state index < -0.39 is 46.3 Å². The molecule has 202 valence electrons. The Morgan fingerprint density at radius 3 is 2.10 bits per heavy atom. The van der Waals surface area contributed by atoms with E-state index in [1.54, 1.807) is 30.3 Å². The molecule has 1 atom stereocenters. The lowest BCUT2D eigenvalue weighted by molar-refractivity contribution is -0.140. The molecule has 1 unspecified atom stereocenters. The van der Waals surface area contributed by atoms with E-state index in [0.717, 1.165) is 24.3 Å². The fourth-order valence-electron chi connectivity index (χ4n) is 4.16. The van der Waals surface area contributed by atoms with E-state index in [4.69, 9.17) is 11.6 Å². The molecule has 0 aliphatic carbocycles. The summed E-state index contributed by atoms with van der Waals surface area (Å²) in [6.45, 7) is 0. The van der Waals surface area contributed by atoms with Crippen molar-refractivity contribution in [2.75, 3.05) is 0 Å². The predicted octanol–water partition coefficient (Wildman–Crippen LogP) is 7.83. The molecule has 1 aromatic heterocycles. The standard InChI is InChI=1S/C28H18ClF7N2O/c29-21-10-12-24(37-16-21)26(15-17-5-2-1-3-6-17,19-7-4-8-20(14-19)27(31,32)33)38-25(39)18-9-11-23(30)22(13-18)28(34,35)36/h1-14,16H,15H2,(H,38,39). The minimum Gasteiger partial charge on any atom is -0.337 e. The van der Waals surface area contributed by atoms with Crippen LogP contribution in [0.4, 0.5) is 30.7 Å². The number of carbonyl (C=O) groups excluding carboxylic acids is 1. The van der Waals surface area contributed by atoms with Gasteiger partial charge in [0.15, 0.2) is 0 Å². The summed E-state index contributed by atoms with van der Waals surface area (Å²) in [5.74, 6) is -2.67. The number of nitrogens with zero attached hydrogens (tertiary/aromatic N) is 1. The third kappa shape index (κ3) is 6.22. The van der Waals surface area contributed by atoms with Crippen molar-refractivity contribution >= 4 is 17.5 Å². The first kappa shape index (κ1) is 28.1. The smallest absolute Gasteiger partial charge is 0.337 e. The number of carbonyl (C=O) groups is 1. The van der Waals surface area contributed by atoms with E-state index in [9.17, 15) is 35.5 Å². The Hall–Kier alpha value is -3.92. The van der Waals surface area contributed by atoms with E-state index in [1.165, 1.54) is 24.4 Å². The zero-order valence-electron chi connectivity index (χ0n) is 19.7. The molecule has 3 nitrogen and oxygen atoms in total. The van der Waals surface area contributed by atoms with E-state index in [-0.39, 0.29) is 22.7 Å². The third-order valence-electron chi connectivity index (χ3n) is 6.02. The number of alkyl halides is 6. The summed E-state index contributed by atoms with van der Waals surface area (Å²) in [6, 6.07) is 17.1. The summed E-state index contributed by atoms with van der Waals surface area (Å²) in [6.07, 6.45) is -8.72. The Morgan fingerprint density at radius 2 is 1.49 bits per heavy atom. The quantitative estimate of drug-likeness (QED) is 0.242. The highest BCUT2D eigenvalue weighted by atomic mass is 35.5. The number of rotatable bonds is 6. The molecule has 0 spiro atoms. The number of benzene rings is 3. The minimum absolute atomic E-state index is 0.0393. The van der Waals surface area contributed by atoms with Gasteiger partial charge < -0.3 is 5.32 Å². The van der Waals surface area contributed by atoms with E-state index in [0.29, 0.717) is 17.7 Å². The van der Waals surface area contributed by atoms with Crippen molar-refractivity contribution < 1.29 is 35.5 Å². The highest BCUT2D eigenvalue weighted by Gasteiger charge is 2.41. The first-order valence-corrected chi connectivity index (χ1v) is 11.7. The number of halogens is 8. The average molecular weight is 567 g/mol. The van der Waals surface area contributed by atoms with E-state index >= 15 is 0 Å². The summed E-state index contributed by atoms with van der Waals surface area (Å²) >= 11 is 5.99. The molecule has 3 aromatic carbocycles. The van der Waals surface area contributed by atoms with Crippen LogP contribution in [0, 0.1) is 5.82 Å². The second kappa shape index (κ2) is 10.7. The Bertz CT molecular complexity index is 1470. The minimum atomic E-state index is -5.08. The molecule has 0 bridgehead atoms. The van der Waals surface area contributed by atoms with Crippen LogP contribution >= 0.6 is 11.6 Å². The summed E-state index contributed by atoms with van der Waals surface area (Å²) in [5, 5.41) is 2.83. The lowest BCUT2D eigenvalue weighted by atomic mass is 9.79. The van der Waals surface area contributed by atoms with Crippen molar-refractivity contribution in [3.8, 4) is 0 Å². The SMILES string of the molecule is O=C(NC(Cc1ccccc1)(c1cccc(C(F)(F)F)c1)c1ccc(Cl)cn1)c1ccc(F)c(C(F)(F)F)c1. The van der Waals surface area contributed by atoms with Crippen molar-refractivity contribution in [2.24, 2.45) is 0 Å². The Morgan fingerprint density at radius 1 is 0.795 bits per heavy atom. The van der Waals surface area contributed by atoms with Crippen molar-refractivity contribution in [1.29, 1.82) is 0 Å². The summed E-state index contributed by atoms with van der Waals surface area (Å²) in [7, 11) is 0. The maximum absolute atomic E-state index is 13.9. The van der Waals surface area contributed by atoms with Gasteiger partial charge in [-0.3, -0.25) is 9.78 Å². The van der Waals surface area contributed by atoms with Gasteiger partial charge in [-0.25, -0.2) is 4.39 Å². The normalized spacial score (nSPS) is 13.5. The van der Waals surface area contributed by atoms with Crippen molar-refractivity contribution in [1.82, 2.24) is 10.3 Å². The van der Waals surface area contributed by atoms with Crippen LogP contribution in [-0.2, 0) is 24.3 Å². The van der Waals surface area contributed by atoms with Crippen LogP contribution in [0.5, 0.6) is 0 Å². The molecule has 1 N–H and O–H groups in total. The highest BCUT2D eigenvalue weighted by Crippen LogP contribution is 2.38. The van der Waals surface area contributed by atoms with Gasteiger partial charge in [0, 0.05) is 18.2 Å². The van der Waals surface area contributed by atoms with Gasteiger partial charge in [-0.1, -0.05) is 54.1 Å². The first-order valence-electron chi connectivity index (χ1n) is 11.3. The summed E-state index contributed by atoms with van der Waals surface area (Å²) < 4.78 is 95.0. The second-order valence-electron chi connectivity index (χ2n) is 8.65. The molecular formula is C28H18ClF7N2O. The Kier molecular flexibility index (Phi) is 7.70. The molecule has 0 radical (unpaired) electrons. The molecule has 0 saturated carbocycles. The molecule has 1 amide bonds. The molecule has 0 aliphatic heterocycles. The monoisotopic (exact) mass is 566 g/mol. The topological polar surface area (TPSA) is 42.0 Å². The first-order chi connectivity index (χ1) is 18.3. The largest absolute Gasteiger partial charge is 0.419 e. The van der Waals surface area contributed by atoms with Crippen LogP contribution < -0.4 is 5.32 Å². The van der Waals surface area contributed by atoms with Crippen LogP contribution in [0.25, 0.3) is 0 Å². The van der Waals surface area contributed by atoms with Gasteiger partial charge in [-0.05, 0) is 53.6 Å². The van der Waals surface area contributed by atoms with Gasteiger partial charge >= 0.3 is 12.4 Å². The van der Waals surface area contributed by atoms with Crippen LogP contribution in [0.2, 0.25) is 5.02 Å². The molecule has 4 rings (SSSR count). The van der Waals surface area contributed by atoms with Gasteiger partial charge in [-0.15, -0.1) is 0 Å². The van der Waals surface area contributed by atoms with Gasteiger partial charge in [0.05, 0.1) is 21.8 Å². The molecule has 0 aliphatic rings. The summed E-state index contributed by atoms with van der Waals surface area (Å²) in [4.78, 5) is 17.7. The maximum Gasteiger partial charge on any atom is 0.419 e. The molecule has 4 aromatic rings. The van der Waals surface area contributed by atoms with E-state index in [1.807, 2.05) is 0 Å². The maximum atomic E-state index is 13.9.